The van der Waals surface area contributed by atoms with E-state index in [-0.39, 0.29) is 25.1 Å². The summed E-state index contributed by atoms with van der Waals surface area (Å²) in [7, 11) is 3.07. The highest BCUT2D eigenvalue weighted by Gasteiger charge is 2.38. The molecule has 0 radical (unpaired) electrons. The molecule has 0 bridgehead atoms. The maximum Gasteiger partial charge on any atom is 0.416 e. The molecular weight excluding hydrogens is 378 g/mol. The summed E-state index contributed by atoms with van der Waals surface area (Å²) < 4.78 is 77.7. The summed E-state index contributed by atoms with van der Waals surface area (Å²) in [5.74, 6) is -1.74. The van der Waals surface area contributed by atoms with Gasteiger partial charge in [-0.15, -0.1) is 0 Å². The van der Waals surface area contributed by atoms with Crippen molar-refractivity contribution in [2.45, 2.75) is 25.2 Å². The summed E-state index contributed by atoms with van der Waals surface area (Å²) in [6, 6.07) is 0.801. The molecule has 1 heterocycles. The van der Waals surface area contributed by atoms with Gasteiger partial charge in [0, 0.05) is 32.7 Å². The van der Waals surface area contributed by atoms with Crippen molar-refractivity contribution in [3.8, 4) is 0 Å². The molecule has 2 amide bonds. The van der Waals surface area contributed by atoms with Crippen LogP contribution < -0.4 is 0 Å². The number of halogens is 6. The first-order valence-electron chi connectivity index (χ1n) is 8.10. The fourth-order valence-electron chi connectivity index (χ4n) is 2.99. The van der Waals surface area contributed by atoms with Crippen LogP contribution in [0.1, 0.15) is 34.3 Å². The average Bonchev–Trinajstić information content (AvgIpc) is 2.58. The van der Waals surface area contributed by atoms with E-state index in [1.54, 1.807) is 0 Å². The van der Waals surface area contributed by atoms with Crippen molar-refractivity contribution in [3.05, 3.63) is 34.9 Å². The summed E-state index contributed by atoms with van der Waals surface area (Å²) in [4.78, 5) is 27.1. The van der Waals surface area contributed by atoms with E-state index in [0.717, 1.165) is 4.90 Å². The van der Waals surface area contributed by atoms with Gasteiger partial charge in [0.25, 0.3) is 5.91 Å². The van der Waals surface area contributed by atoms with Gasteiger partial charge in [0.15, 0.2) is 0 Å². The molecule has 27 heavy (non-hydrogen) atoms. The first-order valence-corrected chi connectivity index (χ1v) is 8.10. The molecule has 1 aliphatic heterocycles. The summed E-state index contributed by atoms with van der Waals surface area (Å²) >= 11 is 0. The Bertz CT molecular complexity index is 695. The van der Waals surface area contributed by atoms with Crippen molar-refractivity contribution in [1.82, 2.24) is 9.80 Å². The van der Waals surface area contributed by atoms with E-state index in [2.05, 4.69) is 0 Å². The Morgan fingerprint density at radius 2 is 1.52 bits per heavy atom. The fraction of sp³-hybridized carbons (Fsp3) is 0.529. The summed E-state index contributed by atoms with van der Waals surface area (Å²) in [6.07, 6.45) is -9.12. The van der Waals surface area contributed by atoms with Crippen LogP contribution in [0.2, 0.25) is 0 Å². The van der Waals surface area contributed by atoms with Crippen LogP contribution in [0.4, 0.5) is 26.3 Å². The highest BCUT2D eigenvalue weighted by atomic mass is 19.4. The molecule has 0 unspecified atom stereocenters. The van der Waals surface area contributed by atoms with Gasteiger partial charge >= 0.3 is 12.4 Å². The molecule has 150 valence electrons. The normalized spacial score (nSPS) is 18.4. The predicted molar refractivity (Wildman–Crippen MR) is 83.8 cm³/mol. The molecule has 2 rings (SSSR count). The Balaban J connectivity index is 2.36. The number of piperidine rings is 1. The quantitative estimate of drug-likeness (QED) is 0.716. The van der Waals surface area contributed by atoms with Crippen molar-refractivity contribution >= 4 is 11.8 Å². The van der Waals surface area contributed by atoms with Crippen LogP contribution in [-0.2, 0) is 17.1 Å². The molecule has 4 nitrogen and oxygen atoms in total. The summed E-state index contributed by atoms with van der Waals surface area (Å²) in [5.41, 5.74) is -3.78. The molecule has 1 saturated heterocycles. The lowest BCUT2D eigenvalue weighted by Gasteiger charge is -2.33. The zero-order valence-electron chi connectivity index (χ0n) is 14.6. The molecule has 0 aliphatic carbocycles. The van der Waals surface area contributed by atoms with E-state index in [1.165, 1.54) is 19.0 Å². The van der Waals surface area contributed by atoms with E-state index < -0.39 is 40.9 Å². The average molecular weight is 396 g/mol. The van der Waals surface area contributed by atoms with Gasteiger partial charge in [0.05, 0.1) is 17.0 Å². The Hall–Kier alpha value is -2.26. The third kappa shape index (κ3) is 4.92. The molecule has 0 spiro atoms. The lowest BCUT2D eigenvalue weighted by molar-refractivity contribution is -0.143. The van der Waals surface area contributed by atoms with Crippen LogP contribution in [0.3, 0.4) is 0 Å². The number of benzene rings is 1. The first kappa shape index (κ1) is 21.0. The number of carbonyl (C=O) groups is 2. The van der Waals surface area contributed by atoms with E-state index in [4.69, 9.17) is 0 Å². The van der Waals surface area contributed by atoms with E-state index >= 15 is 0 Å². The second-order valence-electron chi connectivity index (χ2n) is 6.62. The molecule has 1 aromatic rings. The van der Waals surface area contributed by atoms with Gasteiger partial charge in [0.1, 0.15) is 0 Å². The van der Waals surface area contributed by atoms with Crippen molar-refractivity contribution in [2.75, 3.05) is 27.2 Å². The van der Waals surface area contributed by atoms with Gasteiger partial charge in [-0.3, -0.25) is 9.59 Å². The topological polar surface area (TPSA) is 40.6 Å². The molecule has 1 aliphatic rings. The van der Waals surface area contributed by atoms with Gasteiger partial charge in [0.2, 0.25) is 5.91 Å². The van der Waals surface area contributed by atoms with Crippen LogP contribution in [0.25, 0.3) is 0 Å². The van der Waals surface area contributed by atoms with Gasteiger partial charge in [-0.1, -0.05) is 0 Å². The Morgan fingerprint density at radius 1 is 1.00 bits per heavy atom. The number of likely N-dealkylation sites (tertiary alicyclic amines) is 1. The predicted octanol–water partition coefficient (Wildman–Crippen LogP) is 3.66. The maximum absolute atomic E-state index is 13.0. The first-order chi connectivity index (χ1) is 12.3. The summed E-state index contributed by atoms with van der Waals surface area (Å²) in [6.45, 7) is 0.112. The molecular formula is C17H18F6N2O2. The number of amides is 2. The smallest absolute Gasteiger partial charge is 0.349 e. The summed E-state index contributed by atoms with van der Waals surface area (Å²) in [5, 5.41) is 0. The number of carbonyl (C=O) groups excluding carboxylic acids is 2. The second-order valence-corrected chi connectivity index (χ2v) is 6.62. The zero-order chi connectivity index (χ0) is 20.6. The van der Waals surface area contributed by atoms with Crippen molar-refractivity contribution in [1.29, 1.82) is 0 Å². The van der Waals surface area contributed by atoms with Crippen LogP contribution in [-0.4, -0.2) is 48.8 Å². The van der Waals surface area contributed by atoms with Gasteiger partial charge in [-0.25, -0.2) is 0 Å². The van der Waals surface area contributed by atoms with Gasteiger partial charge in [-0.05, 0) is 31.0 Å². The molecule has 1 fully saturated rings. The van der Waals surface area contributed by atoms with E-state index in [9.17, 15) is 35.9 Å². The van der Waals surface area contributed by atoms with Crippen molar-refractivity contribution in [3.63, 3.8) is 0 Å². The molecule has 0 aromatic heterocycles. The van der Waals surface area contributed by atoms with Crippen LogP contribution >= 0.6 is 0 Å². The third-order valence-electron chi connectivity index (χ3n) is 4.33. The standard InChI is InChI=1S/C17H18F6N2O2/c1-24(2)14(26)10-4-3-5-25(9-10)15(27)11-6-12(16(18,19)20)8-13(7-11)17(21,22)23/h6-8,10H,3-5,9H2,1-2H3/t10-/m0/s1. The lowest BCUT2D eigenvalue weighted by atomic mass is 9.95. The third-order valence-corrected chi connectivity index (χ3v) is 4.33. The number of nitrogens with zero attached hydrogens (tertiary/aromatic N) is 2. The second kappa shape index (κ2) is 7.40. The highest BCUT2D eigenvalue weighted by molar-refractivity contribution is 5.95. The minimum atomic E-state index is -5.03. The van der Waals surface area contributed by atoms with Crippen molar-refractivity contribution in [2.24, 2.45) is 5.92 Å². The monoisotopic (exact) mass is 396 g/mol. The van der Waals surface area contributed by atoms with Gasteiger partial charge < -0.3 is 9.80 Å². The lowest BCUT2D eigenvalue weighted by Crippen LogP contribution is -2.45. The molecule has 0 N–H and O–H groups in total. The number of hydrogen-bond acceptors (Lipinski definition) is 2. The Kier molecular flexibility index (Phi) is 5.77. The minimum Gasteiger partial charge on any atom is -0.349 e. The zero-order valence-corrected chi connectivity index (χ0v) is 14.6. The molecule has 1 atom stereocenters. The Labute approximate surface area is 151 Å². The van der Waals surface area contributed by atoms with Crippen molar-refractivity contribution < 1.29 is 35.9 Å². The SMILES string of the molecule is CN(C)C(=O)[C@H]1CCCN(C(=O)c2cc(C(F)(F)F)cc(C(F)(F)F)c2)C1. The number of alkyl halides is 6. The number of rotatable bonds is 2. The molecule has 1 aromatic carbocycles. The van der Waals surface area contributed by atoms with Crippen LogP contribution in [0.5, 0.6) is 0 Å². The molecule has 10 heteroatoms. The van der Waals surface area contributed by atoms with E-state index in [0.29, 0.717) is 25.0 Å². The fourth-order valence-corrected chi connectivity index (χ4v) is 2.99. The Morgan fingerprint density at radius 3 is 1.96 bits per heavy atom. The van der Waals surface area contributed by atoms with Crippen LogP contribution in [0, 0.1) is 5.92 Å². The number of hydrogen-bond donors (Lipinski definition) is 0. The minimum absolute atomic E-state index is 0.0225. The van der Waals surface area contributed by atoms with E-state index in [1.807, 2.05) is 0 Å². The highest BCUT2D eigenvalue weighted by Crippen LogP contribution is 2.36. The van der Waals surface area contributed by atoms with Crippen LogP contribution in [0.15, 0.2) is 18.2 Å². The maximum atomic E-state index is 13.0. The largest absolute Gasteiger partial charge is 0.416 e. The van der Waals surface area contributed by atoms with Gasteiger partial charge in [-0.2, -0.15) is 26.3 Å². The molecule has 0 saturated carbocycles.